The van der Waals surface area contributed by atoms with E-state index in [0.717, 1.165) is 0 Å². The second-order valence-corrected chi connectivity index (χ2v) is 3.13. The van der Waals surface area contributed by atoms with E-state index < -0.39 is 5.97 Å². The topological polar surface area (TPSA) is 73.9 Å². The summed E-state index contributed by atoms with van der Waals surface area (Å²) in [5, 5.41) is 17.3. The van der Waals surface area contributed by atoms with E-state index in [0.29, 0.717) is 29.5 Å². The Kier molecular flexibility index (Phi) is 4.06. The number of rotatable bonds is 3. The molecule has 0 unspecified atom stereocenters. The molecule has 0 bridgehead atoms. The van der Waals surface area contributed by atoms with Crippen molar-refractivity contribution >= 4 is 5.97 Å². The van der Waals surface area contributed by atoms with E-state index in [4.69, 9.17) is 10.5 Å². The van der Waals surface area contributed by atoms with Gasteiger partial charge in [0.05, 0.1) is 30.4 Å². The Morgan fingerprint density at radius 3 is 2.75 bits per heavy atom. The molecular weight excluding hydrogens is 204 g/mol. The van der Waals surface area contributed by atoms with Gasteiger partial charge in [0.15, 0.2) is 0 Å². The van der Waals surface area contributed by atoms with Gasteiger partial charge in [-0.25, -0.2) is 4.79 Å². The highest BCUT2D eigenvalue weighted by Crippen LogP contribution is 2.14. The van der Waals surface area contributed by atoms with Crippen LogP contribution in [0.3, 0.4) is 0 Å². The number of methoxy groups -OCH3 is 1. The quantitative estimate of drug-likeness (QED) is 0.719. The van der Waals surface area contributed by atoms with Crippen LogP contribution in [-0.4, -0.2) is 13.1 Å². The molecule has 4 nitrogen and oxygen atoms in total. The number of carbonyl (C=O) groups is 1. The van der Waals surface area contributed by atoms with Gasteiger partial charge in [-0.05, 0) is 30.2 Å². The van der Waals surface area contributed by atoms with Crippen molar-refractivity contribution in [3.8, 4) is 12.1 Å². The number of aryl methyl sites for hydroxylation is 1. The highest BCUT2D eigenvalue weighted by atomic mass is 16.5. The van der Waals surface area contributed by atoms with E-state index in [1.807, 2.05) is 12.1 Å². The summed E-state index contributed by atoms with van der Waals surface area (Å²) in [6.45, 7) is 0. The van der Waals surface area contributed by atoms with E-state index >= 15 is 0 Å². The predicted octanol–water partition coefficient (Wildman–Crippen LogP) is 1.80. The monoisotopic (exact) mass is 214 g/mol. The summed E-state index contributed by atoms with van der Waals surface area (Å²) < 4.78 is 4.58. The van der Waals surface area contributed by atoms with Crippen LogP contribution in [-0.2, 0) is 11.2 Å². The molecule has 0 aliphatic carbocycles. The van der Waals surface area contributed by atoms with Crippen molar-refractivity contribution in [3.63, 3.8) is 0 Å². The van der Waals surface area contributed by atoms with E-state index in [-0.39, 0.29) is 0 Å². The van der Waals surface area contributed by atoms with Gasteiger partial charge in [0.25, 0.3) is 0 Å². The van der Waals surface area contributed by atoms with Gasteiger partial charge in [-0.3, -0.25) is 0 Å². The number of carbonyl (C=O) groups excluding carboxylic acids is 1. The molecule has 1 aromatic carbocycles. The number of benzene rings is 1. The number of ether oxygens (including phenoxy) is 1. The third-order valence-electron chi connectivity index (χ3n) is 2.15. The highest BCUT2D eigenvalue weighted by Gasteiger charge is 2.09. The number of nitriles is 2. The molecule has 4 heteroatoms. The smallest absolute Gasteiger partial charge is 0.337 e. The van der Waals surface area contributed by atoms with Crippen molar-refractivity contribution in [1.82, 2.24) is 0 Å². The number of hydrogen-bond acceptors (Lipinski definition) is 4. The van der Waals surface area contributed by atoms with Gasteiger partial charge >= 0.3 is 5.97 Å². The van der Waals surface area contributed by atoms with Crippen molar-refractivity contribution in [3.05, 3.63) is 34.9 Å². The fraction of sp³-hybridized carbons (Fsp3) is 0.250. The van der Waals surface area contributed by atoms with E-state index in [1.165, 1.54) is 7.11 Å². The molecular formula is C12H10N2O2. The zero-order chi connectivity index (χ0) is 12.0. The molecule has 0 saturated carbocycles. The Labute approximate surface area is 93.7 Å². The van der Waals surface area contributed by atoms with Crippen LogP contribution in [0.2, 0.25) is 0 Å². The van der Waals surface area contributed by atoms with Crippen molar-refractivity contribution in [1.29, 1.82) is 10.5 Å². The second-order valence-electron chi connectivity index (χ2n) is 3.13. The SMILES string of the molecule is COC(=O)c1ccc(C#N)c(CCC#N)c1. The molecule has 0 fully saturated rings. The first-order chi connectivity index (χ1) is 7.72. The number of esters is 1. The lowest BCUT2D eigenvalue weighted by atomic mass is 10.0. The van der Waals surface area contributed by atoms with Crippen LogP contribution in [0.25, 0.3) is 0 Å². The van der Waals surface area contributed by atoms with Gasteiger partial charge in [0, 0.05) is 6.42 Å². The molecule has 80 valence electrons. The maximum Gasteiger partial charge on any atom is 0.337 e. The van der Waals surface area contributed by atoms with Gasteiger partial charge in [-0.15, -0.1) is 0 Å². The fourth-order valence-electron chi connectivity index (χ4n) is 1.35. The summed E-state index contributed by atoms with van der Waals surface area (Å²) in [4.78, 5) is 11.3. The lowest BCUT2D eigenvalue weighted by Crippen LogP contribution is -2.03. The molecule has 16 heavy (non-hydrogen) atoms. The van der Waals surface area contributed by atoms with Crippen LogP contribution < -0.4 is 0 Å². The van der Waals surface area contributed by atoms with E-state index in [1.54, 1.807) is 18.2 Å². The average Bonchev–Trinajstić information content (AvgIpc) is 2.34. The Hall–Kier alpha value is -2.33. The summed E-state index contributed by atoms with van der Waals surface area (Å²) in [6.07, 6.45) is 0.781. The molecule has 0 radical (unpaired) electrons. The molecule has 1 aromatic rings. The van der Waals surface area contributed by atoms with E-state index in [9.17, 15) is 4.79 Å². The first kappa shape index (κ1) is 11.7. The third-order valence-corrected chi connectivity index (χ3v) is 2.15. The lowest BCUT2D eigenvalue weighted by Gasteiger charge is -2.04. The maximum atomic E-state index is 11.3. The van der Waals surface area contributed by atoms with E-state index in [2.05, 4.69) is 4.74 Å². The Morgan fingerprint density at radius 1 is 1.44 bits per heavy atom. The summed E-state index contributed by atoms with van der Waals surface area (Å²) in [5.41, 5.74) is 1.59. The summed E-state index contributed by atoms with van der Waals surface area (Å²) in [5.74, 6) is -0.442. The summed E-state index contributed by atoms with van der Waals surface area (Å²) in [7, 11) is 1.30. The van der Waals surface area contributed by atoms with Crippen LogP contribution >= 0.6 is 0 Å². The normalized spacial score (nSPS) is 8.94. The molecule has 0 amide bonds. The van der Waals surface area contributed by atoms with Crippen molar-refractivity contribution in [2.75, 3.05) is 7.11 Å². The van der Waals surface area contributed by atoms with Crippen LogP contribution in [0.5, 0.6) is 0 Å². The fourth-order valence-corrected chi connectivity index (χ4v) is 1.35. The van der Waals surface area contributed by atoms with Gasteiger partial charge in [-0.2, -0.15) is 10.5 Å². The lowest BCUT2D eigenvalue weighted by molar-refractivity contribution is 0.0600. The molecule has 0 N–H and O–H groups in total. The molecule has 1 rings (SSSR count). The minimum absolute atomic E-state index is 0.319. The van der Waals surface area contributed by atoms with Crippen LogP contribution in [0.4, 0.5) is 0 Å². The molecule has 0 saturated heterocycles. The van der Waals surface area contributed by atoms with Gasteiger partial charge < -0.3 is 4.74 Å². The zero-order valence-electron chi connectivity index (χ0n) is 8.86. The molecule has 0 aromatic heterocycles. The minimum atomic E-state index is -0.442. The van der Waals surface area contributed by atoms with Crippen LogP contribution in [0.1, 0.15) is 27.9 Å². The molecule has 0 atom stereocenters. The third kappa shape index (κ3) is 2.59. The first-order valence-electron chi connectivity index (χ1n) is 4.71. The zero-order valence-corrected chi connectivity index (χ0v) is 8.86. The van der Waals surface area contributed by atoms with Gasteiger partial charge in [0.2, 0.25) is 0 Å². The summed E-state index contributed by atoms with van der Waals surface area (Å²) in [6, 6.07) is 8.74. The largest absolute Gasteiger partial charge is 0.465 e. The molecule has 0 aliphatic heterocycles. The Balaban J connectivity index is 3.08. The number of nitrogens with zero attached hydrogens (tertiary/aromatic N) is 2. The first-order valence-corrected chi connectivity index (χ1v) is 4.71. The Bertz CT molecular complexity index is 481. The van der Waals surface area contributed by atoms with Crippen LogP contribution in [0.15, 0.2) is 18.2 Å². The minimum Gasteiger partial charge on any atom is -0.465 e. The molecule has 0 spiro atoms. The van der Waals surface area contributed by atoms with Crippen molar-refractivity contribution < 1.29 is 9.53 Å². The summed E-state index contributed by atoms with van der Waals surface area (Å²) >= 11 is 0. The average molecular weight is 214 g/mol. The van der Waals surface area contributed by atoms with Crippen molar-refractivity contribution in [2.24, 2.45) is 0 Å². The second kappa shape index (κ2) is 5.53. The number of hydrogen-bond donors (Lipinski definition) is 0. The highest BCUT2D eigenvalue weighted by molar-refractivity contribution is 5.89. The standard InChI is InChI=1S/C12H10N2O2/c1-16-12(15)10-4-5-11(8-14)9(7-10)3-2-6-13/h4-5,7H,2-3H2,1H3. The maximum absolute atomic E-state index is 11.3. The van der Waals surface area contributed by atoms with Gasteiger partial charge in [-0.1, -0.05) is 0 Å². The molecule has 0 aliphatic rings. The van der Waals surface area contributed by atoms with Gasteiger partial charge in [0.1, 0.15) is 0 Å². The van der Waals surface area contributed by atoms with Crippen molar-refractivity contribution in [2.45, 2.75) is 12.8 Å². The Morgan fingerprint density at radius 2 is 2.19 bits per heavy atom. The predicted molar refractivity (Wildman–Crippen MR) is 56.4 cm³/mol. The van der Waals surface area contributed by atoms with Crippen LogP contribution in [0, 0.1) is 22.7 Å². The molecule has 0 heterocycles.